The number of rotatable bonds is 3. The summed E-state index contributed by atoms with van der Waals surface area (Å²) in [5.74, 6) is 0.905. The van der Waals surface area contributed by atoms with Gasteiger partial charge in [-0.2, -0.15) is 0 Å². The summed E-state index contributed by atoms with van der Waals surface area (Å²) in [6, 6.07) is 0. The maximum Gasteiger partial charge on any atom is 0.195 e. The minimum atomic E-state index is -0.314. The lowest BCUT2D eigenvalue weighted by atomic mass is 10.2. The van der Waals surface area contributed by atoms with Crippen LogP contribution in [0, 0.1) is 18.8 Å². The van der Waals surface area contributed by atoms with Gasteiger partial charge in [0.15, 0.2) is 17.1 Å². The third kappa shape index (κ3) is 2.03. The quantitative estimate of drug-likeness (QED) is 0.776. The topological polar surface area (TPSA) is 48.4 Å². The number of carbonyl (C=O) groups is 1. The Kier molecular flexibility index (Phi) is 2.77. The van der Waals surface area contributed by atoms with E-state index in [-0.39, 0.29) is 18.0 Å². The van der Waals surface area contributed by atoms with E-state index in [1.54, 1.807) is 0 Å². The van der Waals surface area contributed by atoms with Gasteiger partial charge in [-0.05, 0) is 19.3 Å². The van der Waals surface area contributed by atoms with Crippen LogP contribution in [-0.2, 0) is 9.47 Å². The highest BCUT2D eigenvalue weighted by molar-refractivity contribution is 7.13. The van der Waals surface area contributed by atoms with Gasteiger partial charge in [-0.25, -0.2) is 4.98 Å². The molecule has 0 aromatic carbocycles. The summed E-state index contributed by atoms with van der Waals surface area (Å²) >= 11 is 1.42. The highest BCUT2D eigenvalue weighted by atomic mass is 32.1. The van der Waals surface area contributed by atoms with Crippen LogP contribution < -0.4 is 0 Å². The maximum absolute atomic E-state index is 12.1. The summed E-state index contributed by atoms with van der Waals surface area (Å²) in [6.45, 7) is 5.24. The summed E-state index contributed by atoms with van der Waals surface area (Å²) < 4.78 is 10.9. The first-order valence-corrected chi connectivity index (χ1v) is 6.73. The predicted octanol–water partition coefficient (Wildman–Crippen LogP) is 2.34. The second kappa shape index (κ2) is 4.15. The minimum absolute atomic E-state index is 0.190. The minimum Gasteiger partial charge on any atom is -0.345 e. The zero-order valence-corrected chi connectivity index (χ0v) is 10.8. The molecule has 0 spiro atoms. The van der Waals surface area contributed by atoms with E-state index in [9.17, 15) is 4.79 Å². The van der Waals surface area contributed by atoms with Crippen LogP contribution in [0.1, 0.15) is 40.0 Å². The largest absolute Gasteiger partial charge is 0.345 e. The van der Waals surface area contributed by atoms with Crippen molar-refractivity contribution < 1.29 is 14.3 Å². The summed E-state index contributed by atoms with van der Waals surface area (Å²) in [4.78, 5) is 17.4. The van der Waals surface area contributed by atoms with Gasteiger partial charge in [0.05, 0.1) is 23.8 Å². The fraction of sp³-hybridized carbons (Fsp3) is 0.667. The van der Waals surface area contributed by atoms with Gasteiger partial charge in [-0.1, -0.05) is 6.92 Å². The van der Waals surface area contributed by atoms with E-state index < -0.39 is 0 Å². The Morgan fingerprint density at radius 2 is 2.06 bits per heavy atom. The lowest BCUT2D eigenvalue weighted by molar-refractivity contribution is -0.0418. The van der Waals surface area contributed by atoms with E-state index >= 15 is 0 Å². The molecule has 92 valence electrons. The summed E-state index contributed by atoms with van der Waals surface area (Å²) in [5.41, 5.74) is 0.860. The van der Waals surface area contributed by atoms with Crippen LogP contribution in [0.5, 0.6) is 0 Å². The number of Topliss-reactive ketones (excluding diaryl/α,β-unsaturated/α-hetero) is 1. The molecule has 4 nitrogen and oxygen atoms in total. The first-order valence-electron chi connectivity index (χ1n) is 5.91. The van der Waals surface area contributed by atoms with Crippen LogP contribution in [0.4, 0.5) is 0 Å². The van der Waals surface area contributed by atoms with E-state index in [0.717, 1.165) is 17.0 Å². The molecular weight excluding hydrogens is 238 g/mol. The molecule has 1 aliphatic carbocycles. The van der Waals surface area contributed by atoms with Crippen molar-refractivity contribution in [3.05, 3.63) is 15.6 Å². The van der Waals surface area contributed by atoms with Crippen LogP contribution in [0.3, 0.4) is 0 Å². The molecule has 5 heteroatoms. The second-order valence-electron chi connectivity index (χ2n) is 4.73. The van der Waals surface area contributed by atoms with E-state index in [2.05, 4.69) is 11.9 Å². The van der Waals surface area contributed by atoms with E-state index in [1.165, 1.54) is 11.3 Å². The molecule has 0 N–H and O–H groups in total. The Morgan fingerprint density at radius 3 is 2.65 bits per heavy atom. The van der Waals surface area contributed by atoms with Crippen molar-refractivity contribution >= 4 is 17.1 Å². The predicted molar refractivity (Wildman–Crippen MR) is 63.1 cm³/mol. The molecule has 2 aliphatic rings. The third-order valence-electron chi connectivity index (χ3n) is 3.33. The molecule has 0 bridgehead atoms. The van der Waals surface area contributed by atoms with Gasteiger partial charge in [0, 0.05) is 5.92 Å². The molecular formula is C12H15NO3S. The zero-order chi connectivity index (χ0) is 12.0. The summed E-state index contributed by atoms with van der Waals surface area (Å²) in [5, 5.41) is 0.617. The van der Waals surface area contributed by atoms with Gasteiger partial charge in [0.25, 0.3) is 0 Å². The third-order valence-corrected chi connectivity index (χ3v) is 4.52. The van der Waals surface area contributed by atoms with Crippen molar-refractivity contribution in [2.45, 2.75) is 26.6 Å². The molecule has 1 aliphatic heterocycles. The standard InChI is InChI=1S/C12H15NO3S/c1-6-5-8(6)9(14)11-13-7(2)10(17-11)12-15-3-4-16-12/h6,8,12H,3-5H2,1-2H3. The number of thiazole rings is 1. The van der Waals surface area contributed by atoms with Crippen molar-refractivity contribution in [2.75, 3.05) is 13.2 Å². The number of carbonyl (C=O) groups excluding carboxylic acids is 1. The molecule has 2 unspecified atom stereocenters. The van der Waals surface area contributed by atoms with Gasteiger partial charge < -0.3 is 9.47 Å². The molecule has 2 fully saturated rings. The number of aromatic nitrogens is 1. The number of nitrogens with zero attached hydrogens (tertiary/aromatic N) is 1. The van der Waals surface area contributed by atoms with Gasteiger partial charge in [0.1, 0.15) is 0 Å². The molecule has 1 saturated carbocycles. The second-order valence-corrected chi connectivity index (χ2v) is 5.76. The number of aryl methyl sites for hydroxylation is 1. The van der Waals surface area contributed by atoms with Crippen LogP contribution in [0.25, 0.3) is 0 Å². The molecule has 1 aromatic rings. The van der Waals surface area contributed by atoms with Crippen molar-refractivity contribution in [3.63, 3.8) is 0 Å². The van der Waals surface area contributed by atoms with E-state index in [1.807, 2.05) is 6.92 Å². The highest BCUT2D eigenvalue weighted by Gasteiger charge is 2.41. The van der Waals surface area contributed by atoms with Crippen molar-refractivity contribution in [3.8, 4) is 0 Å². The molecule has 1 saturated heterocycles. The van der Waals surface area contributed by atoms with E-state index in [4.69, 9.17) is 9.47 Å². The van der Waals surface area contributed by atoms with Crippen LogP contribution in [-0.4, -0.2) is 24.0 Å². The molecule has 3 rings (SSSR count). The highest BCUT2D eigenvalue weighted by Crippen LogP contribution is 2.42. The molecule has 1 aromatic heterocycles. The normalized spacial score (nSPS) is 28.6. The average Bonchev–Trinajstić information content (AvgIpc) is 2.74. The monoisotopic (exact) mass is 253 g/mol. The first-order chi connectivity index (χ1) is 8.16. The lowest BCUT2D eigenvalue weighted by Crippen LogP contribution is -2.01. The Bertz CT molecular complexity index is 451. The summed E-state index contributed by atoms with van der Waals surface area (Å²) in [7, 11) is 0. The lowest BCUT2D eigenvalue weighted by Gasteiger charge is -2.05. The smallest absolute Gasteiger partial charge is 0.195 e. The molecule has 0 amide bonds. The Hall–Kier alpha value is -0.780. The molecule has 0 radical (unpaired) electrons. The molecule has 2 heterocycles. The number of hydrogen-bond acceptors (Lipinski definition) is 5. The zero-order valence-electron chi connectivity index (χ0n) is 9.93. The average molecular weight is 253 g/mol. The van der Waals surface area contributed by atoms with Crippen LogP contribution in [0.15, 0.2) is 0 Å². The first kappa shape index (κ1) is 11.3. The van der Waals surface area contributed by atoms with Gasteiger partial charge in [-0.15, -0.1) is 11.3 Å². The number of ether oxygens (including phenoxy) is 2. The van der Waals surface area contributed by atoms with Crippen LogP contribution >= 0.6 is 11.3 Å². The summed E-state index contributed by atoms with van der Waals surface area (Å²) in [6.07, 6.45) is 0.689. The van der Waals surface area contributed by atoms with Crippen molar-refractivity contribution in [1.29, 1.82) is 0 Å². The van der Waals surface area contributed by atoms with Crippen LogP contribution in [0.2, 0.25) is 0 Å². The van der Waals surface area contributed by atoms with Crippen molar-refractivity contribution in [1.82, 2.24) is 4.98 Å². The van der Waals surface area contributed by atoms with Gasteiger partial charge in [0.2, 0.25) is 0 Å². The Labute approximate surface area is 104 Å². The molecule has 17 heavy (non-hydrogen) atoms. The van der Waals surface area contributed by atoms with Crippen molar-refractivity contribution in [2.24, 2.45) is 11.8 Å². The fourth-order valence-corrected chi connectivity index (χ4v) is 3.16. The number of ketones is 1. The Balaban J connectivity index is 1.82. The maximum atomic E-state index is 12.1. The number of hydrogen-bond donors (Lipinski definition) is 0. The van der Waals surface area contributed by atoms with Gasteiger partial charge in [-0.3, -0.25) is 4.79 Å². The van der Waals surface area contributed by atoms with Gasteiger partial charge >= 0.3 is 0 Å². The molecule has 2 atom stereocenters. The SMILES string of the molecule is Cc1nc(C(=O)C2CC2C)sc1C1OCCO1. The fourth-order valence-electron chi connectivity index (χ4n) is 2.09. The van der Waals surface area contributed by atoms with E-state index in [0.29, 0.717) is 24.1 Å². The Morgan fingerprint density at radius 1 is 1.41 bits per heavy atom.